The molecular weight excluding hydrogens is 236 g/mol. The summed E-state index contributed by atoms with van der Waals surface area (Å²) in [5, 5.41) is 0. The van der Waals surface area contributed by atoms with Crippen LogP contribution in [0.3, 0.4) is 0 Å². The van der Waals surface area contributed by atoms with E-state index < -0.39 is 0 Å². The summed E-state index contributed by atoms with van der Waals surface area (Å²) in [5.41, 5.74) is 3.96. The van der Waals surface area contributed by atoms with Gasteiger partial charge in [0.15, 0.2) is 0 Å². The first kappa shape index (κ1) is 13.2. The van der Waals surface area contributed by atoms with Crippen molar-refractivity contribution in [3.8, 4) is 0 Å². The zero-order valence-electron chi connectivity index (χ0n) is 12.7. The molecule has 0 saturated heterocycles. The number of esters is 1. The molecular formula is C17H26O2. The number of hydrogen-bond donors (Lipinski definition) is 0. The second-order valence-electron chi connectivity index (χ2n) is 7.43. The summed E-state index contributed by atoms with van der Waals surface area (Å²) in [4.78, 5) is 11.1. The molecule has 2 fully saturated rings. The maximum Gasteiger partial charge on any atom is 0.302 e. The van der Waals surface area contributed by atoms with Crippen molar-refractivity contribution in [2.45, 2.75) is 59.8 Å². The van der Waals surface area contributed by atoms with Crippen LogP contribution >= 0.6 is 0 Å². The lowest BCUT2D eigenvalue weighted by molar-refractivity contribution is -0.140. The molecule has 3 aliphatic carbocycles. The van der Waals surface area contributed by atoms with Crippen LogP contribution in [-0.2, 0) is 9.53 Å². The lowest BCUT2D eigenvalue weighted by Crippen LogP contribution is -2.44. The minimum Gasteiger partial charge on any atom is -0.461 e. The Hall–Kier alpha value is -0.790. The highest BCUT2D eigenvalue weighted by atomic mass is 16.5. The van der Waals surface area contributed by atoms with Crippen LogP contribution in [-0.4, -0.2) is 12.6 Å². The van der Waals surface area contributed by atoms with Crippen molar-refractivity contribution in [3.63, 3.8) is 0 Å². The number of allylic oxidation sites excluding steroid dienone is 1. The Kier molecular flexibility index (Phi) is 2.85. The van der Waals surface area contributed by atoms with Crippen LogP contribution in [0.15, 0.2) is 11.1 Å². The van der Waals surface area contributed by atoms with E-state index in [0.717, 1.165) is 18.3 Å². The van der Waals surface area contributed by atoms with Crippen LogP contribution < -0.4 is 0 Å². The Balaban J connectivity index is 1.98. The van der Waals surface area contributed by atoms with E-state index in [-0.39, 0.29) is 5.97 Å². The Morgan fingerprint density at radius 2 is 2.11 bits per heavy atom. The SMILES string of the molecule is CC(=O)OCC1=C2C[C@H]3CC[C@@H](C)[C@]2(CC1)C3(C)C. The van der Waals surface area contributed by atoms with Crippen molar-refractivity contribution in [2.75, 3.05) is 6.61 Å². The standard InChI is InChI=1S/C17H26O2/c1-11-5-6-14-9-15-13(10-19-12(2)18)7-8-17(11,15)16(14,3)4/h11,14H,5-10H2,1-4H3/t11-,14-,17+/m1/s1. The summed E-state index contributed by atoms with van der Waals surface area (Å²) in [7, 11) is 0. The highest BCUT2D eigenvalue weighted by molar-refractivity contribution is 5.66. The lowest BCUT2D eigenvalue weighted by atomic mass is 9.53. The molecule has 0 heterocycles. The number of rotatable bonds is 2. The molecule has 0 aromatic carbocycles. The quantitative estimate of drug-likeness (QED) is 0.553. The Bertz CT molecular complexity index is 446. The summed E-state index contributed by atoms with van der Waals surface area (Å²) < 4.78 is 5.29. The first-order valence-corrected chi connectivity index (χ1v) is 7.74. The molecule has 2 bridgehead atoms. The minimum atomic E-state index is -0.151. The molecule has 2 nitrogen and oxygen atoms in total. The molecule has 2 heteroatoms. The zero-order valence-corrected chi connectivity index (χ0v) is 12.7. The second-order valence-corrected chi connectivity index (χ2v) is 7.43. The number of carbonyl (C=O) groups is 1. The van der Waals surface area contributed by atoms with Crippen molar-refractivity contribution < 1.29 is 9.53 Å². The van der Waals surface area contributed by atoms with Gasteiger partial charge in [0.2, 0.25) is 0 Å². The van der Waals surface area contributed by atoms with E-state index in [0.29, 0.717) is 17.4 Å². The number of hydrogen-bond acceptors (Lipinski definition) is 2. The molecule has 0 aliphatic heterocycles. The maximum atomic E-state index is 11.1. The van der Waals surface area contributed by atoms with Crippen molar-refractivity contribution >= 4 is 5.97 Å². The summed E-state index contributed by atoms with van der Waals surface area (Å²) >= 11 is 0. The van der Waals surface area contributed by atoms with E-state index in [1.165, 1.54) is 38.2 Å². The average Bonchev–Trinajstić information content (AvgIpc) is 2.73. The van der Waals surface area contributed by atoms with E-state index in [2.05, 4.69) is 20.8 Å². The van der Waals surface area contributed by atoms with Crippen LogP contribution in [0.4, 0.5) is 0 Å². The molecule has 19 heavy (non-hydrogen) atoms. The van der Waals surface area contributed by atoms with Gasteiger partial charge in [-0.25, -0.2) is 0 Å². The topological polar surface area (TPSA) is 26.3 Å². The first-order chi connectivity index (χ1) is 8.89. The van der Waals surface area contributed by atoms with E-state index in [9.17, 15) is 4.79 Å². The van der Waals surface area contributed by atoms with Crippen LogP contribution in [0.5, 0.6) is 0 Å². The molecule has 0 amide bonds. The smallest absolute Gasteiger partial charge is 0.302 e. The molecule has 2 saturated carbocycles. The molecule has 1 spiro atoms. The Morgan fingerprint density at radius 1 is 1.37 bits per heavy atom. The molecule has 3 rings (SSSR count). The molecule has 0 N–H and O–H groups in total. The van der Waals surface area contributed by atoms with E-state index >= 15 is 0 Å². The minimum absolute atomic E-state index is 0.151. The highest BCUT2D eigenvalue weighted by Crippen LogP contribution is 2.72. The molecule has 0 unspecified atom stereocenters. The molecule has 0 aromatic heterocycles. The van der Waals surface area contributed by atoms with Gasteiger partial charge in [0.25, 0.3) is 0 Å². The largest absolute Gasteiger partial charge is 0.461 e. The third kappa shape index (κ3) is 1.58. The molecule has 3 aliphatic rings. The number of carbonyl (C=O) groups excluding carboxylic acids is 1. The summed E-state index contributed by atoms with van der Waals surface area (Å²) in [5.74, 6) is 1.47. The first-order valence-electron chi connectivity index (χ1n) is 7.74. The predicted molar refractivity (Wildman–Crippen MR) is 75.6 cm³/mol. The van der Waals surface area contributed by atoms with Crippen LogP contribution in [0.2, 0.25) is 0 Å². The van der Waals surface area contributed by atoms with Gasteiger partial charge in [-0.15, -0.1) is 0 Å². The van der Waals surface area contributed by atoms with Gasteiger partial charge in [-0.3, -0.25) is 4.79 Å². The highest BCUT2D eigenvalue weighted by Gasteiger charge is 2.63. The van der Waals surface area contributed by atoms with Gasteiger partial charge in [-0.1, -0.05) is 26.3 Å². The van der Waals surface area contributed by atoms with Crippen molar-refractivity contribution in [3.05, 3.63) is 11.1 Å². The summed E-state index contributed by atoms with van der Waals surface area (Å²) in [6.07, 6.45) is 6.43. The molecule has 106 valence electrons. The number of fused-ring (bicyclic) bond motifs is 1. The normalized spacial score (nSPS) is 39.4. The summed E-state index contributed by atoms with van der Waals surface area (Å²) in [6.45, 7) is 9.46. The molecule has 3 atom stereocenters. The maximum absolute atomic E-state index is 11.1. The van der Waals surface area contributed by atoms with Gasteiger partial charge in [0.1, 0.15) is 6.61 Å². The van der Waals surface area contributed by atoms with Gasteiger partial charge in [0, 0.05) is 6.92 Å². The van der Waals surface area contributed by atoms with Gasteiger partial charge in [-0.2, -0.15) is 0 Å². The fraction of sp³-hybridized carbons (Fsp3) is 0.824. The van der Waals surface area contributed by atoms with E-state index in [1.54, 1.807) is 5.57 Å². The average molecular weight is 262 g/mol. The molecule has 0 radical (unpaired) electrons. The second kappa shape index (κ2) is 4.10. The lowest BCUT2D eigenvalue weighted by Gasteiger charge is -2.51. The van der Waals surface area contributed by atoms with Crippen molar-refractivity contribution in [1.82, 2.24) is 0 Å². The third-order valence-corrected chi connectivity index (χ3v) is 6.65. The monoisotopic (exact) mass is 262 g/mol. The zero-order chi connectivity index (χ0) is 13.8. The summed E-state index contributed by atoms with van der Waals surface area (Å²) in [6, 6.07) is 0. The molecule has 0 aromatic rings. The fourth-order valence-corrected chi connectivity index (χ4v) is 5.56. The Labute approximate surface area is 116 Å². The van der Waals surface area contributed by atoms with Gasteiger partial charge < -0.3 is 4.74 Å². The number of ether oxygens (including phenoxy) is 1. The Morgan fingerprint density at radius 3 is 2.79 bits per heavy atom. The van der Waals surface area contributed by atoms with Gasteiger partial charge in [-0.05, 0) is 60.3 Å². The van der Waals surface area contributed by atoms with Crippen LogP contribution in [0, 0.1) is 22.7 Å². The van der Waals surface area contributed by atoms with Gasteiger partial charge in [0.05, 0.1) is 0 Å². The van der Waals surface area contributed by atoms with Gasteiger partial charge >= 0.3 is 5.97 Å². The van der Waals surface area contributed by atoms with Crippen molar-refractivity contribution in [2.24, 2.45) is 22.7 Å². The van der Waals surface area contributed by atoms with E-state index in [4.69, 9.17) is 4.74 Å². The predicted octanol–water partition coefficient (Wildman–Crippen LogP) is 4.10. The fourth-order valence-electron chi connectivity index (χ4n) is 5.56. The van der Waals surface area contributed by atoms with E-state index in [1.807, 2.05) is 0 Å². The van der Waals surface area contributed by atoms with Crippen LogP contribution in [0.1, 0.15) is 59.8 Å². The van der Waals surface area contributed by atoms with Crippen LogP contribution in [0.25, 0.3) is 0 Å². The van der Waals surface area contributed by atoms with Crippen molar-refractivity contribution in [1.29, 1.82) is 0 Å². The third-order valence-electron chi connectivity index (χ3n) is 6.65.